The van der Waals surface area contributed by atoms with E-state index >= 15 is 0 Å². The van der Waals surface area contributed by atoms with Crippen LogP contribution in [-0.4, -0.2) is 33.4 Å². The first-order chi connectivity index (χ1) is 14.5. The van der Waals surface area contributed by atoms with Gasteiger partial charge in [0.1, 0.15) is 5.75 Å². The summed E-state index contributed by atoms with van der Waals surface area (Å²) in [5.41, 5.74) is 2.84. The van der Waals surface area contributed by atoms with Gasteiger partial charge in [0, 0.05) is 23.7 Å². The van der Waals surface area contributed by atoms with Crippen LogP contribution < -0.4 is 10.1 Å². The molecule has 1 aliphatic rings. The number of ether oxygens (including phenoxy) is 1. The van der Waals surface area contributed by atoms with Gasteiger partial charge in [-0.05, 0) is 56.5 Å². The SMILES string of the molecule is CC(C)Oc1ccc(-c2nc(-c3ccc(CNC4CC(C(=O)O)C4)cc3)no2)cc1. The van der Waals surface area contributed by atoms with E-state index in [0.717, 1.165) is 22.4 Å². The van der Waals surface area contributed by atoms with Gasteiger partial charge in [-0.25, -0.2) is 0 Å². The van der Waals surface area contributed by atoms with Gasteiger partial charge >= 0.3 is 5.97 Å². The Bertz CT molecular complexity index is 990. The van der Waals surface area contributed by atoms with E-state index in [1.54, 1.807) is 0 Å². The Morgan fingerprint density at radius 1 is 1.13 bits per heavy atom. The number of aliphatic carboxylic acids is 1. The number of nitrogens with one attached hydrogen (secondary N) is 1. The average molecular weight is 407 g/mol. The molecule has 30 heavy (non-hydrogen) atoms. The molecule has 1 aliphatic carbocycles. The summed E-state index contributed by atoms with van der Waals surface area (Å²) < 4.78 is 11.1. The maximum Gasteiger partial charge on any atom is 0.306 e. The highest BCUT2D eigenvalue weighted by atomic mass is 16.5. The summed E-state index contributed by atoms with van der Waals surface area (Å²) >= 11 is 0. The van der Waals surface area contributed by atoms with Crippen LogP contribution in [0.2, 0.25) is 0 Å². The van der Waals surface area contributed by atoms with Crippen LogP contribution in [0.15, 0.2) is 53.1 Å². The number of aromatic nitrogens is 2. The summed E-state index contributed by atoms with van der Waals surface area (Å²) in [5, 5.41) is 16.4. The zero-order chi connectivity index (χ0) is 21.1. The fraction of sp³-hybridized carbons (Fsp3) is 0.348. The Morgan fingerprint density at radius 2 is 1.80 bits per heavy atom. The van der Waals surface area contributed by atoms with Crippen molar-refractivity contribution in [3.05, 3.63) is 54.1 Å². The van der Waals surface area contributed by atoms with Crippen molar-refractivity contribution in [2.24, 2.45) is 5.92 Å². The molecule has 1 heterocycles. The molecule has 1 fully saturated rings. The third-order valence-electron chi connectivity index (χ3n) is 5.19. The van der Waals surface area contributed by atoms with Crippen molar-refractivity contribution in [1.82, 2.24) is 15.5 Å². The van der Waals surface area contributed by atoms with Crippen LogP contribution >= 0.6 is 0 Å². The quantitative estimate of drug-likeness (QED) is 0.579. The number of benzene rings is 2. The molecular formula is C23H25N3O4. The number of rotatable bonds is 8. The molecule has 0 saturated heterocycles. The summed E-state index contributed by atoms with van der Waals surface area (Å²) in [4.78, 5) is 15.4. The van der Waals surface area contributed by atoms with Crippen LogP contribution in [0.1, 0.15) is 32.3 Å². The van der Waals surface area contributed by atoms with Gasteiger partial charge in [-0.3, -0.25) is 4.79 Å². The minimum absolute atomic E-state index is 0.124. The summed E-state index contributed by atoms with van der Waals surface area (Å²) in [6, 6.07) is 15.8. The Balaban J connectivity index is 1.35. The largest absolute Gasteiger partial charge is 0.491 e. The summed E-state index contributed by atoms with van der Waals surface area (Å²) in [5.74, 6) is 0.908. The second-order valence-electron chi connectivity index (χ2n) is 7.90. The Hall–Kier alpha value is -3.19. The molecule has 0 bridgehead atoms. The number of hydrogen-bond donors (Lipinski definition) is 2. The second kappa shape index (κ2) is 8.67. The van der Waals surface area contributed by atoms with Crippen LogP contribution in [0.25, 0.3) is 22.8 Å². The second-order valence-corrected chi connectivity index (χ2v) is 7.90. The molecule has 4 rings (SSSR count). The van der Waals surface area contributed by atoms with Gasteiger partial charge in [0.15, 0.2) is 0 Å². The Kier molecular flexibility index (Phi) is 5.81. The first-order valence-corrected chi connectivity index (χ1v) is 10.1. The zero-order valence-corrected chi connectivity index (χ0v) is 17.0. The predicted molar refractivity (Wildman–Crippen MR) is 112 cm³/mol. The van der Waals surface area contributed by atoms with Gasteiger partial charge < -0.3 is 19.7 Å². The zero-order valence-electron chi connectivity index (χ0n) is 17.0. The van der Waals surface area contributed by atoms with Crippen molar-refractivity contribution in [3.8, 4) is 28.6 Å². The lowest BCUT2D eigenvalue weighted by Gasteiger charge is -2.33. The van der Waals surface area contributed by atoms with Crippen LogP contribution in [0.3, 0.4) is 0 Å². The first-order valence-electron chi connectivity index (χ1n) is 10.1. The molecular weight excluding hydrogens is 382 g/mol. The minimum Gasteiger partial charge on any atom is -0.491 e. The summed E-state index contributed by atoms with van der Waals surface area (Å²) in [6.45, 7) is 4.68. The molecule has 7 heteroatoms. The summed E-state index contributed by atoms with van der Waals surface area (Å²) in [6.07, 6.45) is 1.52. The molecule has 2 N–H and O–H groups in total. The first kappa shape index (κ1) is 20.1. The predicted octanol–water partition coefficient (Wildman–Crippen LogP) is 4.14. The molecule has 156 valence electrons. The van der Waals surface area contributed by atoms with Crippen LogP contribution in [0, 0.1) is 5.92 Å². The molecule has 1 aromatic heterocycles. The van der Waals surface area contributed by atoms with Gasteiger partial charge in [-0.1, -0.05) is 29.4 Å². The lowest BCUT2D eigenvalue weighted by Crippen LogP contribution is -2.43. The average Bonchev–Trinajstić information content (AvgIpc) is 3.17. The maximum absolute atomic E-state index is 10.9. The van der Waals surface area contributed by atoms with E-state index in [4.69, 9.17) is 14.4 Å². The molecule has 7 nitrogen and oxygen atoms in total. The van der Waals surface area contributed by atoms with Crippen LogP contribution in [0.4, 0.5) is 0 Å². The van der Waals surface area contributed by atoms with E-state index < -0.39 is 5.97 Å². The molecule has 0 atom stereocenters. The number of carboxylic acids is 1. The van der Waals surface area contributed by atoms with Crippen molar-refractivity contribution < 1.29 is 19.2 Å². The summed E-state index contributed by atoms with van der Waals surface area (Å²) in [7, 11) is 0. The minimum atomic E-state index is -0.697. The van der Waals surface area contributed by atoms with E-state index in [-0.39, 0.29) is 18.1 Å². The van der Waals surface area contributed by atoms with Gasteiger partial charge in [0.25, 0.3) is 5.89 Å². The molecule has 0 radical (unpaired) electrons. The van der Waals surface area contributed by atoms with E-state index in [2.05, 4.69) is 15.5 Å². The van der Waals surface area contributed by atoms with E-state index in [1.165, 1.54) is 0 Å². The molecule has 1 saturated carbocycles. The lowest BCUT2D eigenvalue weighted by atomic mass is 9.80. The van der Waals surface area contributed by atoms with Gasteiger partial charge in [-0.2, -0.15) is 4.98 Å². The smallest absolute Gasteiger partial charge is 0.306 e. The number of nitrogens with zero attached hydrogens (tertiary/aromatic N) is 2. The molecule has 0 aliphatic heterocycles. The lowest BCUT2D eigenvalue weighted by molar-refractivity contribution is -0.145. The van der Waals surface area contributed by atoms with Crippen LogP contribution in [-0.2, 0) is 11.3 Å². The van der Waals surface area contributed by atoms with Crippen LogP contribution in [0.5, 0.6) is 5.75 Å². The topological polar surface area (TPSA) is 97.5 Å². The molecule has 3 aromatic rings. The Labute approximate surface area is 175 Å². The van der Waals surface area contributed by atoms with E-state index in [0.29, 0.717) is 31.1 Å². The number of carboxylic acid groups (broad SMARTS) is 1. The molecule has 0 amide bonds. The Morgan fingerprint density at radius 3 is 2.43 bits per heavy atom. The monoisotopic (exact) mass is 407 g/mol. The van der Waals surface area contributed by atoms with E-state index in [1.807, 2.05) is 62.4 Å². The van der Waals surface area contributed by atoms with Gasteiger partial charge in [0.05, 0.1) is 12.0 Å². The number of carbonyl (C=O) groups is 1. The third-order valence-corrected chi connectivity index (χ3v) is 5.19. The standard InChI is InChI=1S/C23H25N3O4/c1-14(2)29-20-9-7-17(8-10-20)22-25-21(26-30-22)16-5-3-15(4-6-16)13-24-19-11-18(12-19)23(27)28/h3-10,14,18-19,24H,11-13H2,1-2H3,(H,27,28). The van der Waals surface area contributed by atoms with Crippen molar-refractivity contribution in [1.29, 1.82) is 0 Å². The maximum atomic E-state index is 10.9. The normalized spacial score (nSPS) is 18.2. The molecule has 2 aromatic carbocycles. The highest BCUT2D eigenvalue weighted by molar-refractivity contribution is 5.71. The molecule has 0 unspecified atom stereocenters. The fourth-order valence-corrected chi connectivity index (χ4v) is 3.43. The van der Waals surface area contributed by atoms with Crippen molar-refractivity contribution in [3.63, 3.8) is 0 Å². The third kappa shape index (κ3) is 4.68. The molecule has 0 spiro atoms. The van der Waals surface area contributed by atoms with Gasteiger partial charge in [-0.15, -0.1) is 0 Å². The van der Waals surface area contributed by atoms with E-state index in [9.17, 15) is 4.79 Å². The van der Waals surface area contributed by atoms with Crippen molar-refractivity contribution >= 4 is 5.97 Å². The van der Waals surface area contributed by atoms with Crippen molar-refractivity contribution in [2.75, 3.05) is 0 Å². The highest BCUT2D eigenvalue weighted by Crippen LogP contribution is 2.28. The fourth-order valence-electron chi connectivity index (χ4n) is 3.43. The highest BCUT2D eigenvalue weighted by Gasteiger charge is 2.33. The van der Waals surface area contributed by atoms with Gasteiger partial charge in [0.2, 0.25) is 5.82 Å². The van der Waals surface area contributed by atoms with Crippen molar-refractivity contribution in [2.45, 2.75) is 45.4 Å². The number of hydrogen-bond acceptors (Lipinski definition) is 6.